The summed E-state index contributed by atoms with van der Waals surface area (Å²) in [6.07, 6.45) is 1.62. The van der Waals surface area contributed by atoms with Crippen molar-refractivity contribution in [2.24, 2.45) is 0 Å². The van der Waals surface area contributed by atoms with Gasteiger partial charge in [-0.05, 0) is 37.4 Å². The van der Waals surface area contributed by atoms with Gasteiger partial charge >= 0.3 is 6.03 Å². The number of nitrogens with zero attached hydrogens (tertiary/aromatic N) is 1. The van der Waals surface area contributed by atoms with Crippen molar-refractivity contribution in [3.8, 4) is 0 Å². The molecule has 20 heavy (non-hydrogen) atoms. The molecule has 1 aromatic carbocycles. The van der Waals surface area contributed by atoms with E-state index >= 15 is 0 Å². The number of carbonyl (C=O) groups is 2. The summed E-state index contributed by atoms with van der Waals surface area (Å²) in [7, 11) is 0. The monoisotopic (exact) mass is 273 g/mol. The lowest BCUT2D eigenvalue weighted by molar-refractivity contribution is -0.132. The van der Waals surface area contributed by atoms with Crippen LogP contribution in [0.5, 0.6) is 0 Å². The smallest absolute Gasteiger partial charge is 0.322 e. The average molecular weight is 273 g/mol. The Hall–Kier alpha value is -1.88. The molecular formula is C15H19N3O2. The average Bonchev–Trinajstić information content (AvgIpc) is 2.66. The number of hydrogen-bond acceptors (Lipinski definition) is 3. The van der Waals surface area contributed by atoms with Crippen LogP contribution in [0.25, 0.3) is 0 Å². The van der Waals surface area contributed by atoms with Gasteiger partial charge in [0.15, 0.2) is 0 Å². The van der Waals surface area contributed by atoms with E-state index in [2.05, 4.69) is 10.6 Å². The zero-order chi connectivity index (χ0) is 14.2. The molecule has 2 N–H and O–H groups in total. The van der Waals surface area contributed by atoms with Crippen LogP contribution in [0.15, 0.2) is 24.3 Å². The van der Waals surface area contributed by atoms with E-state index in [1.54, 1.807) is 0 Å². The van der Waals surface area contributed by atoms with Crippen LogP contribution >= 0.6 is 0 Å². The van der Waals surface area contributed by atoms with Gasteiger partial charge in [0.05, 0.1) is 6.54 Å². The summed E-state index contributed by atoms with van der Waals surface area (Å²) in [5, 5.41) is 6.09. The fraction of sp³-hybridized carbons (Fsp3) is 0.467. The third-order valence-electron chi connectivity index (χ3n) is 4.22. The summed E-state index contributed by atoms with van der Waals surface area (Å²) in [5.41, 5.74) is 1.38. The van der Waals surface area contributed by atoms with Gasteiger partial charge in [0.1, 0.15) is 5.54 Å². The highest BCUT2D eigenvalue weighted by Crippen LogP contribution is 2.26. The summed E-state index contributed by atoms with van der Waals surface area (Å²) < 4.78 is 0. The minimum Gasteiger partial charge on any atom is -0.322 e. The summed E-state index contributed by atoms with van der Waals surface area (Å²) in [6, 6.07) is 7.56. The SMILES string of the molecule is Cc1ccccc1CN1C(=O)NC2(CCCNC2)C1=O. The fourth-order valence-corrected chi connectivity index (χ4v) is 2.97. The summed E-state index contributed by atoms with van der Waals surface area (Å²) in [6.45, 7) is 3.77. The maximum atomic E-state index is 12.6. The molecule has 2 saturated heterocycles. The molecule has 0 aliphatic carbocycles. The van der Waals surface area contributed by atoms with Crippen molar-refractivity contribution in [2.45, 2.75) is 31.8 Å². The number of piperidine rings is 1. The van der Waals surface area contributed by atoms with Crippen LogP contribution in [-0.2, 0) is 11.3 Å². The van der Waals surface area contributed by atoms with E-state index in [4.69, 9.17) is 0 Å². The quantitative estimate of drug-likeness (QED) is 0.795. The molecule has 0 radical (unpaired) electrons. The first-order valence-electron chi connectivity index (χ1n) is 7.02. The molecule has 5 heteroatoms. The van der Waals surface area contributed by atoms with E-state index in [1.165, 1.54) is 4.90 Å². The van der Waals surface area contributed by atoms with Gasteiger partial charge in [-0.2, -0.15) is 0 Å². The predicted molar refractivity (Wildman–Crippen MR) is 75.1 cm³/mol. The highest BCUT2D eigenvalue weighted by atomic mass is 16.2. The number of nitrogens with one attached hydrogen (secondary N) is 2. The molecule has 2 aliphatic rings. The van der Waals surface area contributed by atoms with Gasteiger partial charge in [-0.1, -0.05) is 24.3 Å². The zero-order valence-electron chi connectivity index (χ0n) is 11.6. The Kier molecular flexibility index (Phi) is 3.22. The largest absolute Gasteiger partial charge is 0.325 e. The number of hydrogen-bond donors (Lipinski definition) is 2. The highest BCUT2D eigenvalue weighted by Gasteiger charge is 2.51. The molecule has 1 aromatic rings. The topological polar surface area (TPSA) is 61.4 Å². The molecule has 2 heterocycles. The molecule has 3 amide bonds. The van der Waals surface area contributed by atoms with Crippen molar-refractivity contribution < 1.29 is 9.59 Å². The third kappa shape index (κ3) is 2.08. The first-order chi connectivity index (χ1) is 9.62. The van der Waals surface area contributed by atoms with Crippen LogP contribution in [0.4, 0.5) is 4.79 Å². The Morgan fingerprint density at radius 1 is 1.30 bits per heavy atom. The van der Waals surface area contributed by atoms with Crippen LogP contribution in [0.1, 0.15) is 24.0 Å². The summed E-state index contributed by atoms with van der Waals surface area (Å²) in [4.78, 5) is 26.1. The van der Waals surface area contributed by atoms with Gasteiger partial charge in [-0.25, -0.2) is 4.79 Å². The normalized spacial score (nSPS) is 26.1. The second kappa shape index (κ2) is 4.90. The van der Waals surface area contributed by atoms with Crippen molar-refractivity contribution >= 4 is 11.9 Å². The van der Waals surface area contributed by atoms with Crippen molar-refractivity contribution in [2.75, 3.05) is 13.1 Å². The van der Waals surface area contributed by atoms with Crippen LogP contribution in [0, 0.1) is 6.92 Å². The summed E-state index contributed by atoms with van der Waals surface area (Å²) >= 11 is 0. The van der Waals surface area contributed by atoms with Crippen molar-refractivity contribution in [1.29, 1.82) is 0 Å². The number of imide groups is 1. The second-order valence-corrected chi connectivity index (χ2v) is 5.61. The van der Waals surface area contributed by atoms with E-state index < -0.39 is 5.54 Å². The number of carbonyl (C=O) groups excluding carboxylic acids is 2. The maximum absolute atomic E-state index is 12.6. The zero-order valence-corrected chi connectivity index (χ0v) is 11.6. The Labute approximate surface area is 118 Å². The first-order valence-corrected chi connectivity index (χ1v) is 7.02. The van der Waals surface area contributed by atoms with Gasteiger partial charge in [-0.15, -0.1) is 0 Å². The third-order valence-corrected chi connectivity index (χ3v) is 4.22. The van der Waals surface area contributed by atoms with E-state index in [0.717, 1.165) is 30.5 Å². The van der Waals surface area contributed by atoms with E-state index in [9.17, 15) is 9.59 Å². The maximum Gasteiger partial charge on any atom is 0.325 e. The molecule has 106 valence electrons. The molecule has 3 rings (SSSR count). The van der Waals surface area contributed by atoms with Crippen LogP contribution < -0.4 is 10.6 Å². The number of urea groups is 1. The van der Waals surface area contributed by atoms with E-state index in [0.29, 0.717) is 13.1 Å². The standard InChI is InChI=1S/C15H19N3O2/c1-11-5-2-3-6-12(11)9-18-13(19)15(17-14(18)20)7-4-8-16-10-15/h2-3,5-6,16H,4,7-10H2,1H3,(H,17,20). The van der Waals surface area contributed by atoms with Gasteiger partial charge in [0.2, 0.25) is 0 Å². The highest BCUT2D eigenvalue weighted by molar-refractivity contribution is 6.07. The van der Waals surface area contributed by atoms with Gasteiger partial charge in [0.25, 0.3) is 5.91 Å². The van der Waals surface area contributed by atoms with Crippen molar-refractivity contribution in [3.63, 3.8) is 0 Å². The van der Waals surface area contributed by atoms with Gasteiger partial charge in [-0.3, -0.25) is 9.69 Å². The van der Waals surface area contributed by atoms with Gasteiger partial charge in [0, 0.05) is 6.54 Å². The van der Waals surface area contributed by atoms with E-state index in [-0.39, 0.29) is 11.9 Å². The second-order valence-electron chi connectivity index (χ2n) is 5.61. The van der Waals surface area contributed by atoms with E-state index in [1.807, 2.05) is 31.2 Å². The Morgan fingerprint density at radius 3 is 2.80 bits per heavy atom. The summed E-state index contributed by atoms with van der Waals surface area (Å²) in [5.74, 6) is -0.0991. The molecule has 1 unspecified atom stereocenters. The van der Waals surface area contributed by atoms with Crippen LogP contribution in [0.2, 0.25) is 0 Å². The molecule has 0 saturated carbocycles. The number of aryl methyl sites for hydroxylation is 1. The molecule has 1 atom stereocenters. The van der Waals surface area contributed by atoms with Crippen molar-refractivity contribution in [1.82, 2.24) is 15.5 Å². The molecule has 5 nitrogen and oxygen atoms in total. The van der Waals surface area contributed by atoms with Crippen LogP contribution in [-0.4, -0.2) is 35.5 Å². The molecular weight excluding hydrogens is 254 g/mol. The molecule has 0 aromatic heterocycles. The lowest BCUT2D eigenvalue weighted by Crippen LogP contribution is -2.57. The number of amides is 3. The Bertz CT molecular complexity index is 550. The Balaban J connectivity index is 1.82. The predicted octanol–water partition coefficient (Wildman–Crippen LogP) is 1.17. The lowest BCUT2D eigenvalue weighted by Gasteiger charge is -2.31. The minimum absolute atomic E-state index is 0.0991. The number of rotatable bonds is 2. The molecule has 2 fully saturated rings. The minimum atomic E-state index is -0.724. The lowest BCUT2D eigenvalue weighted by atomic mass is 9.90. The molecule has 2 aliphatic heterocycles. The molecule has 0 bridgehead atoms. The molecule has 1 spiro atoms. The van der Waals surface area contributed by atoms with Crippen LogP contribution in [0.3, 0.4) is 0 Å². The Morgan fingerprint density at radius 2 is 2.10 bits per heavy atom. The first kappa shape index (κ1) is 13.1. The van der Waals surface area contributed by atoms with Gasteiger partial charge < -0.3 is 10.6 Å². The van der Waals surface area contributed by atoms with Crippen molar-refractivity contribution in [3.05, 3.63) is 35.4 Å². The number of benzene rings is 1. The fourth-order valence-electron chi connectivity index (χ4n) is 2.97.